The first kappa shape index (κ1) is 13.2. The largest absolute Gasteiger partial charge is 0.370 e. The van der Waals surface area contributed by atoms with Crippen molar-refractivity contribution in [2.75, 3.05) is 11.9 Å². The van der Waals surface area contributed by atoms with E-state index < -0.39 is 0 Å². The highest BCUT2D eigenvalue weighted by Gasteiger charge is 2.06. The minimum absolute atomic E-state index is 0.418. The number of anilines is 1. The highest BCUT2D eigenvalue weighted by atomic mass is 35.5. The third-order valence-corrected chi connectivity index (χ3v) is 3.34. The number of hydrogen-bond acceptors (Lipinski definition) is 2. The molecule has 2 rings (SSSR count). The monoisotopic (exact) mass is 280 g/mol. The average molecular weight is 281 g/mol. The Balaban J connectivity index is 2.15. The number of pyridine rings is 1. The third kappa shape index (κ3) is 3.15. The Hall–Kier alpha value is -1.25. The van der Waals surface area contributed by atoms with Gasteiger partial charge < -0.3 is 4.90 Å². The van der Waals surface area contributed by atoms with Gasteiger partial charge in [0, 0.05) is 31.0 Å². The lowest BCUT2D eigenvalue weighted by atomic mass is 10.2. The molecule has 2 aromatic rings. The highest BCUT2D eigenvalue weighted by molar-refractivity contribution is 6.34. The van der Waals surface area contributed by atoms with Crippen molar-refractivity contribution in [3.8, 4) is 0 Å². The zero-order chi connectivity index (χ0) is 13.1. The molecule has 0 unspecified atom stereocenters. The van der Waals surface area contributed by atoms with Crippen LogP contribution in [0.15, 0.2) is 36.5 Å². The second kappa shape index (κ2) is 5.59. The van der Waals surface area contributed by atoms with Crippen LogP contribution in [0.5, 0.6) is 0 Å². The molecule has 0 bridgehead atoms. The number of aromatic nitrogens is 1. The predicted octanol–water partition coefficient (Wildman–Crippen LogP) is 4.33. The molecular formula is C14H14Cl2N2. The van der Waals surface area contributed by atoms with E-state index in [1.165, 1.54) is 5.56 Å². The standard InChI is InChI=1S/C14H14Cl2N2/c1-10-3-5-12(6-4-10)18(2)9-11-8-17-14(16)7-13(11)15/h3-8H,9H2,1-2H3. The molecule has 0 saturated carbocycles. The number of aryl methyl sites for hydroxylation is 1. The van der Waals surface area contributed by atoms with Gasteiger partial charge in [0.25, 0.3) is 0 Å². The van der Waals surface area contributed by atoms with E-state index in [4.69, 9.17) is 23.2 Å². The molecule has 1 aromatic heterocycles. The van der Waals surface area contributed by atoms with Crippen LogP contribution >= 0.6 is 23.2 Å². The molecular weight excluding hydrogens is 267 g/mol. The van der Waals surface area contributed by atoms with Crippen molar-refractivity contribution >= 4 is 28.9 Å². The number of hydrogen-bond donors (Lipinski definition) is 0. The molecule has 18 heavy (non-hydrogen) atoms. The summed E-state index contributed by atoms with van der Waals surface area (Å²) < 4.78 is 0. The van der Waals surface area contributed by atoms with Crippen molar-refractivity contribution in [3.05, 3.63) is 57.8 Å². The molecule has 0 aliphatic heterocycles. The van der Waals surface area contributed by atoms with Crippen LogP contribution in [-0.2, 0) is 6.54 Å². The Bertz CT molecular complexity index is 538. The average Bonchev–Trinajstić information content (AvgIpc) is 2.33. The zero-order valence-electron chi connectivity index (χ0n) is 10.3. The lowest BCUT2D eigenvalue weighted by Crippen LogP contribution is -2.16. The fourth-order valence-corrected chi connectivity index (χ4v) is 2.12. The van der Waals surface area contributed by atoms with Crippen LogP contribution in [0.4, 0.5) is 5.69 Å². The normalized spacial score (nSPS) is 10.4. The van der Waals surface area contributed by atoms with Crippen LogP contribution in [0.1, 0.15) is 11.1 Å². The van der Waals surface area contributed by atoms with Gasteiger partial charge in [-0.25, -0.2) is 4.98 Å². The van der Waals surface area contributed by atoms with Crippen molar-refractivity contribution in [3.63, 3.8) is 0 Å². The third-order valence-electron chi connectivity index (χ3n) is 2.78. The SMILES string of the molecule is Cc1ccc(N(C)Cc2cnc(Cl)cc2Cl)cc1. The van der Waals surface area contributed by atoms with Crippen LogP contribution in [0, 0.1) is 6.92 Å². The maximum absolute atomic E-state index is 6.14. The quantitative estimate of drug-likeness (QED) is 0.778. The van der Waals surface area contributed by atoms with E-state index in [2.05, 4.69) is 41.1 Å². The summed E-state index contributed by atoms with van der Waals surface area (Å²) in [6, 6.07) is 10.0. The van der Waals surface area contributed by atoms with Gasteiger partial charge in [0.15, 0.2) is 0 Å². The first-order chi connectivity index (χ1) is 8.56. The summed E-state index contributed by atoms with van der Waals surface area (Å²) in [6.45, 7) is 2.77. The van der Waals surface area contributed by atoms with Crippen molar-refractivity contribution in [1.82, 2.24) is 4.98 Å². The summed E-state index contributed by atoms with van der Waals surface area (Å²) in [7, 11) is 2.02. The second-order valence-corrected chi connectivity index (χ2v) is 5.08. The van der Waals surface area contributed by atoms with Gasteiger partial charge >= 0.3 is 0 Å². The Morgan fingerprint density at radius 3 is 2.44 bits per heavy atom. The molecule has 0 atom stereocenters. The van der Waals surface area contributed by atoms with Crippen molar-refractivity contribution < 1.29 is 0 Å². The van der Waals surface area contributed by atoms with E-state index >= 15 is 0 Å². The van der Waals surface area contributed by atoms with E-state index in [1.54, 1.807) is 12.3 Å². The van der Waals surface area contributed by atoms with E-state index in [0.29, 0.717) is 16.7 Å². The summed E-state index contributed by atoms with van der Waals surface area (Å²) in [4.78, 5) is 6.18. The maximum atomic E-state index is 6.14. The van der Waals surface area contributed by atoms with E-state index in [0.717, 1.165) is 11.3 Å². The molecule has 0 aliphatic carbocycles. The van der Waals surface area contributed by atoms with Gasteiger partial charge in [0.1, 0.15) is 5.15 Å². The fraction of sp³-hybridized carbons (Fsp3) is 0.214. The molecule has 0 N–H and O–H groups in total. The van der Waals surface area contributed by atoms with E-state index in [1.807, 2.05) is 7.05 Å². The summed E-state index contributed by atoms with van der Waals surface area (Å²) in [5, 5.41) is 1.07. The minimum atomic E-state index is 0.418. The molecule has 0 spiro atoms. The lowest BCUT2D eigenvalue weighted by Gasteiger charge is -2.20. The van der Waals surface area contributed by atoms with Crippen LogP contribution in [0.25, 0.3) is 0 Å². The number of benzene rings is 1. The summed E-state index contributed by atoms with van der Waals surface area (Å²) in [5.41, 5.74) is 3.36. The van der Waals surface area contributed by atoms with E-state index in [-0.39, 0.29) is 0 Å². The molecule has 1 heterocycles. The van der Waals surface area contributed by atoms with E-state index in [9.17, 15) is 0 Å². The molecule has 94 valence electrons. The summed E-state index contributed by atoms with van der Waals surface area (Å²) >= 11 is 11.9. The van der Waals surface area contributed by atoms with Gasteiger partial charge in [-0.15, -0.1) is 0 Å². The number of nitrogens with zero attached hydrogens (tertiary/aromatic N) is 2. The highest BCUT2D eigenvalue weighted by Crippen LogP contribution is 2.22. The molecule has 0 amide bonds. The zero-order valence-corrected chi connectivity index (χ0v) is 11.8. The van der Waals surface area contributed by atoms with Gasteiger partial charge in [-0.1, -0.05) is 40.9 Å². The molecule has 0 aliphatic rings. The Morgan fingerprint density at radius 2 is 1.83 bits per heavy atom. The van der Waals surface area contributed by atoms with Crippen molar-refractivity contribution in [2.24, 2.45) is 0 Å². The van der Waals surface area contributed by atoms with Gasteiger partial charge in [-0.3, -0.25) is 0 Å². The van der Waals surface area contributed by atoms with Gasteiger partial charge in [0.05, 0.1) is 5.02 Å². The molecule has 0 radical (unpaired) electrons. The van der Waals surface area contributed by atoms with Gasteiger partial charge in [-0.05, 0) is 25.1 Å². The minimum Gasteiger partial charge on any atom is -0.370 e. The molecule has 2 nitrogen and oxygen atoms in total. The van der Waals surface area contributed by atoms with Gasteiger partial charge in [-0.2, -0.15) is 0 Å². The summed E-state index contributed by atoms with van der Waals surface area (Å²) in [5.74, 6) is 0. The topological polar surface area (TPSA) is 16.1 Å². The van der Waals surface area contributed by atoms with Crippen LogP contribution in [0.3, 0.4) is 0 Å². The van der Waals surface area contributed by atoms with Crippen molar-refractivity contribution in [2.45, 2.75) is 13.5 Å². The van der Waals surface area contributed by atoms with Crippen molar-refractivity contribution in [1.29, 1.82) is 0 Å². The fourth-order valence-electron chi connectivity index (χ4n) is 1.70. The summed E-state index contributed by atoms with van der Waals surface area (Å²) in [6.07, 6.45) is 1.72. The maximum Gasteiger partial charge on any atom is 0.130 e. The predicted molar refractivity (Wildman–Crippen MR) is 77.5 cm³/mol. The lowest BCUT2D eigenvalue weighted by molar-refractivity contribution is 0.915. The Morgan fingerprint density at radius 1 is 1.17 bits per heavy atom. The first-order valence-corrected chi connectivity index (χ1v) is 6.39. The smallest absolute Gasteiger partial charge is 0.130 e. The second-order valence-electron chi connectivity index (χ2n) is 4.29. The van der Waals surface area contributed by atoms with Crippen LogP contribution in [-0.4, -0.2) is 12.0 Å². The first-order valence-electron chi connectivity index (χ1n) is 5.64. The van der Waals surface area contributed by atoms with Crippen LogP contribution in [0.2, 0.25) is 10.2 Å². The molecule has 0 fully saturated rings. The Kier molecular flexibility index (Phi) is 4.10. The van der Waals surface area contributed by atoms with Crippen LogP contribution < -0.4 is 4.90 Å². The molecule has 1 aromatic carbocycles. The molecule has 0 saturated heterocycles. The Labute approximate surface area is 117 Å². The molecule has 4 heteroatoms. The van der Waals surface area contributed by atoms with Gasteiger partial charge in [0.2, 0.25) is 0 Å². The number of halogens is 2. The number of rotatable bonds is 3.